The Kier molecular flexibility index (Phi) is 2.78. The van der Waals surface area contributed by atoms with Crippen LogP contribution in [0.25, 0.3) is 0 Å². The van der Waals surface area contributed by atoms with Crippen LogP contribution in [0.4, 0.5) is 0 Å². The Morgan fingerprint density at radius 3 is 3.06 bits per heavy atom. The summed E-state index contributed by atoms with van der Waals surface area (Å²) in [5, 5.41) is 0. The highest BCUT2D eigenvalue weighted by Gasteiger charge is 2.28. The molecule has 1 atom stereocenters. The topological polar surface area (TPSA) is 9.23 Å². The quantitative estimate of drug-likeness (QED) is 0.486. The first-order valence-corrected chi connectivity index (χ1v) is 7.52. The van der Waals surface area contributed by atoms with Crippen LogP contribution in [-0.2, 0) is 0 Å². The number of rotatable bonds is 0. The molecule has 1 aromatic carbocycles. The Morgan fingerprint density at radius 1 is 1.41 bits per heavy atom. The van der Waals surface area contributed by atoms with E-state index in [-0.39, 0.29) is 3.42 Å². The van der Waals surface area contributed by atoms with Crippen LogP contribution < -0.4 is 4.74 Å². The van der Waals surface area contributed by atoms with E-state index in [1.165, 1.54) is 15.4 Å². The van der Waals surface area contributed by atoms with Gasteiger partial charge in [-0.3, -0.25) is 0 Å². The molecule has 3 heteroatoms. The zero-order chi connectivity index (χ0) is 12.0. The molecule has 1 aliphatic carbocycles. The minimum Gasteiger partial charge on any atom is -0.455 e. The lowest BCUT2D eigenvalue weighted by Gasteiger charge is -2.29. The van der Waals surface area contributed by atoms with Gasteiger partial charge in [0.1, 0.15) is 11.5 Å². The second-order valence-corrected chi connectivity index (χ2v) is 8.26. The number of thioether (sulfide) groups is 1. The summed E-state index contributed by atoms with van der Waals surface area (Å²) in [6, 6.07) is 6.39. The van der Waals surface area contributed by atoms with Crippen molar-refractivity contribution in [3.8, 4) is 5.75 Å². The SMILES string of the molecule is Cc1ccc2c(c1)OC1=CC(C)(I)CC=C1S2. The van der Waals surface area contributed by atoms with Gasteiger partial charge in [0.2, 0.25) is 0 Å². The lowest BCUT2D eigenvalue weighted by molar-refractivity contribution is 0.419. The number of hydrogen-bond donors (Lipinski definition) is 0. The van der Waals surface area contributed by atoms with E-state index in [1.54, 1.807) is 0 Å². The van der Waals surface area contributed by atoms with Crippen molar-refractivity contribution in [3.05, 3.63) is 46.6 Å². The molecule has 0 fully saturated rings. The molecule has 1 aliphatic heterocycles. The fraction of sp³-hybridized carbons (Fsp3) is 0.286. The molecule has 1 heterocycles. The Balaban J connectivity index is 2.04. The van der Waals surface area contributed by atoms with Crippen LogP contribution >= 0.6 is 34.4 Å². The van der Waals surface area contributed by atoms with Crippen LogP contribution in [0.15, 0.2) is 45.9 Å². The lowest BCUT2D eigenvalue weighted by atomic mass is 10.0. The highest BCUT2D eigenvalue weighted by molar-refractivity contribution is 14.1. The standard InChI is InChI=1S/C14H13IOS/c1-9-3-4-12-10(7-9)16-11-8-14(2,15)6-5-13(11)17-12/h3-5,7-8H,6H2,1-2H3. The Labute approximate surface area is 119 Å². The normalized spacial score (nSPS) is 26.3. The van der Waals surface area contributed by atoms with Gasteiger partial charge >= 0.3 is 0 Å². The first-order chi connectivity index (χ1) is 8.03. The summed E-state index contributed by atoms with van der Waals surface area (Å²) in [6.45, 7) is 4.32. The maximum atomic E-state index is 6.02. The fourth-order valence-electron chi connectivity index (χ4n) is 1.98. The summed E-state index contributed by atoms with van der Waals surface area (Å²) >= 11 is 4.29. The van der Waals surface area contributed by atoms with Crippen LogP contribution in [0, 0.1) is 6.92 Å². The van der Waals surface area contributed by atoms with Gasteiger partial charge < -0.3 is 4.74 Å². The summed E-state index contributed by atoms with van der Waals surface area (Å²) < 4.78 is 6.20. The van der Waals surface area contributed by atoms with E-state index in [1.807, 2.05) is 11.8 Å². The Bertz CT molecular complexity index is 543. The van der Waals surface area contributed by atoms with Crippen molar-refractivity contribution in [2.24, 2.45) is 0 Å². The van der Waals surface area contributed by atoms with Crippen molar-refractivity contribution in [3.63, 3.8) is 0 Å². The average Bonchev–Trinajstić information content (AvgIpc) is 2.25. The molecule has 0 aromatic heterocycles. The molecule has 0 radical (unpaired) electrons. The lowest BCUT2D eigenvalue weighted by Crippen LogP contribution is -2.19. The van der Waals surface area contributed by atoms with Crippen molar-refractivity contribution < 1.29 is 4.74 Å². The van der Waals surface area contributed by atoms with Gasteiger partial charge in [-0.05, 0) is 44.0 Å². The number of alkyl halides is 1. The van der Waals surface area contributed by atoms with Crippen molar-refractivity contribution in [1.29, 1.82) is 0 Å². The minimum absolute atomic E-state index is 0.179. The number of allylic oxidation sites excluding steroid dienone is 2. The molecule has 1 nitrogen and oxygen atoms in total. The first-order valence-electron chi connectivity index (χ1n) is 5.62. The molecule has 88 valence electrons. The number of hydrogen-bond acceptors (Lipinski definition) is 2. The average molecular weight is 356 g/mol. The van der Waals surface area contributed by atoms with Crippen molar-refractivity contribution >= 4 is 34.4 Å². The largest absolute Gasteiger partial charge is 0.455 e. The molecule has 3 rings (SSSR count). The highest BCUT2D eigenvalue weighted by Crippen LogP contribution is 2.48. The predicted molar refractivity (Wildman–Crippen MR) is 80.9 cm³/mol. The third-order valence-electron chi connectivity index (χ3n) is 2.90. The first kappa shape index (κ1) is 11.7. The smallest absolute Gasteiger partial charge is 0.141 e. The van der Waals surface area contributed by atoms with Gasteiger partial charge in [0.25, 0.3) is 0 Å². The van der Waals surface area contributed by atoms with E-state index in [0.29, 0.717) is 0 Å². The molecular formula is C14H13IOS. The second-order valence-electron chi connectivity index (χ2n) is 4.71. The summed E-state index contributed by atoms with van der Waals surface area (Å²) in [5.74, 6) is 2.02. The molecule has 1 unspecified atom stereocenters. The van der Waals surface area contributed by atoms with E-state index in [0.717, 1.165) is 17.9 Å². The van der Waals surface area contributed by atoms with Gasteiger partial charge in [-0.25, -0.2) is 0 Å². The molecule has 0 saturated heterocycles. The van der Waals surface area contributed by atoms with Crippen molar-refractivity contribution in [2.75, 3.05) is 0 Å². The molecule has 0 N–H and O–H groups in total. The fourth-order valence-corrected chi connectivity index (χ4v) is 3.43. The summed E-state index contributed by atoms with van der Waals surface area (Å²) in [7, 11) is 0. The van der Waals surface area contributed by atoms with Gasteiger partial charge in [-0.15, -0.1) is 0 Å². The summed E-state index contributed by atoms with van der Waals surface area (Å²) in [4.78, 5) is 2.48. The van der Waals surface area contributed by atoms with Gasteiger partial charge in [-0.1, -0.05) is 46.5 Å². The number of ether oxygens (including phenoxy) is 1. The minimum atomic E-state index is 0.179. The third-order valence-corrected chi connectivity index (χ3v) is 4.80. The number of benzene rings is 1. The molecule has 2 aliphatic rings. The van der Waals surface area contributed by atoms with Crippen molar-refractivity contribution in [1.82, 2.24) is 0 Å². The molecular weight excluding hydrogens is 343 g/mol. The molecule has 1 aromatic rings. The number of fused-ring (bicyclic) bond motifs is 2. The zero-order valence-corrected chi connectivity index (χ0v) is 12.8. The molecule has 0 spiro atoms. The van der Waals surface area contributed by atoms with Gasteiger partial charge in [0, 0.05) is 3.42 Å². The van der Waals surface area contributed by atoms with E-state index in [2.05, 4.69) is 66.8 Å². The molecule has 0 amide bonds. The van der Waals surface area contributed by atoms with Crippen LogP contribution in [0.5, 0.6) is 5.75 Å². The van der Waals surface area contributed by atoms with Gasteiger partial charge in [0.05, 0.1) is 9.80 Å². The molecule has 0 bridgehead atoms. The zero-order valence-electron chi connectivity index (χ0n) is 9.79. The maximum Gasteiger partial charge on any atom is 0.141 e. The van der Waals surface area contributed by atoms with Crippen molar-refractivity contribution in [2.45, 2.75) is 28.6 Å². The second kappa shape index (κ2) is 4.05. The van der Waals surface area contributed by atoms with Gasteiger partial charge in [0.15, 0.2) is 0 Å². The third kappa shape index (κ3) is 2.27. The number of aryl methyl sites for hydroxylation is 1. The molecule has 0 saturated carbocycles. The van der Waals surface area contributed by atoms with E-state index >= 15 is 0 Å². The highest BCUT2D eigenvalue weighted by atomic mass is 127. The summed E-state index contributed by atoms with van der Waals surface area (Å²) in [5.41, 5.74) is 1.24. The Morgan fingerprint density at radius 2 is 2.24 bits per heavy atom. The Hall–Kier alpha value is -0.420. The van der Waals surface area contributed by atoms with Crippen LogP contribution in [0.3, 0.4) is 0 Å². The van der Waals surface area contributed by atoms with E-state index < -0.39 is 0 Å². The summed E-state index contributed by atoms with van der Waals surface area (Å²) in [6.07, 6.45) is 5.60. The maximum absolute atomic E-state index is 6.02. The van der Waals surface area contributed by atoms with Crippen LogP contribution in [-0.4, -0.2) is 3.42 Å². The number of halogens is 1. The molecule has 17 heavy (non-hydrogen) atoms. The van der Waals surface area contributed by atoms with Crippen LogP contribution in [0.2, 0.25) is 0 Å². The monoisotopic (exact) mass is 356 g/mol. The predicted octanol–water partition coefficient (Wildman–Crippen LogP) is 4.84. The van der Waals surface area contributed by atoms with Gasteiger partial charge in [-0.2, -0.15) is 0 Å². The van der Waals surface area contributed by atoms with E-state index in [4.69, 9.17) is 4.74 Å². The van der Waals surface area contributed by atoms with E-state index in [9.17, 15) is 0 Å². The van der Waals surface area contributed by atoms with Crippen LogP contribution in [0.1, 0.15) is 18.9 Å².